The number of ketones is 1. The van der Waals surface area contributed by atoms with Gasteiger partial charge in [0.1, 0.15) is 5.03 Å². The van der Waals surface area contributed by atoms with Crippen LogP contribution in [0.15, 0.2) is 58.6 Å². The molecule has 1 aliphatic rings. The average Bonchev–Trinajstić information content (AvgIpc) is 3.04. The first-order valence-electron chi connectivity index (χ1n) is 8.93. The predicted octanol–water partition coefficient (Wildman–Crippen LogP) is 5.10. The molecule has 1 amide bonds. The number of fused-ring (bicyclic) bond motifs is 1. The van der Waals surface area contributed by atoms with Crippen molar-refractivity contribution in [2.45, 2.75) is 36.6 Å². The Bertz CT molecular complexity index is 1030. The highest BCUT2D eigenvalue weighted by molar-refractivity contribution is 7.99. The molecule has 3 aromatic rings. The summed E-state index contributed by atoms with van der Waals surface area (Å²) in [4.78, 5) is 35.3. The molecule has 5 nitrogen and oxygen atoms in total. The number of anilines is 1. The van der Waals surface area contributed by atoms with Gasteiger partial charge in [-0.1, -0.05) is 43.0 Å². The predicted molar refractivity (Wildman–Crippen MR) is 111 cm³/mol. The Morgan fingerprint density at radius 3 is 2.64 bits per heavy atom. The van der Waals surface area contributed by atoms with E-state index in [9.17, 15) is 9.59 Å². The molecule has 0 saturated heterocycles. The summed E-state index contributed by atoms with van der Waals surface area (Å²) in [5, 5.41) is 4.21. The van der Waals surface area contributed by atoms with Crippen molar-refractivity contribution in [3.8, 4) is 0 Å². The van der Waals surface area contributed by atoms with Gasteiger partial charge in [0.25, 0.3) is 5.91 Å². The monoisotopic (exact) mass is 409 g/mol. The summed E-state index contributed by atoms with van der Waals surface area (Å²) in [6.45, 7) is 4.13. The molecule has 142 valence electrons. The fourth-order valence-electron chi connectivity index (χ4n) is 3.15. The van der Waals surface area contributed by atoms with Crippen LogP contribution in [0, 0.1) is 5.41 Å². The van der Waals surface area contributed by atoms with Crippen LogP contribution in [0.4, 0.5) is 5.13 Å². The molecule has 2 aromatic heterocycles. The third kappa shape index (κ3) is 4.15. The van der Waals surface area contributed by atoms with Crippen molar-refractivity contribution in [3.05, 3.63) is 64.8 Å². The standard InChI is InChI=1S/C21H19N3O2S2/c1-21(2)11-15-18(16(25)12-21)28-20(23-15)24-19(26)13-6-8-14(9-7-13)27-17-5-3-4-10-22-17/h3-10H,11-12H2,1-2H3,(H,23,24,26). The zero-order valence-corrected chi connectivity index (χ0v) is 17.2. The molecule has 0 radical (unpaired) electrons. The first-order chi connectivity index (χ1) is 13.4. The minimum Gasteiger partial charge on any atom is -0.298 e. The van der Waals surface area contributed by atoms with E-state index in [0.717, 1.165) is 22.0 Å². The lowest BCUT2D eigenvalue weighted by molar-refractivity contribution is 0.0915. The van der Waals surface area contributed by atoms with E-state index in [0.29, 0.717) is 22.0 Å². The second-order valence-corrected chi connectivity index (χ2v) is 9.58. The number of carbonyl (C=O) groups is 2. The van der Waals surface area contributed by atoms with E-state index in [1.165, 1.54) is 23.1 Å². The summed E-state index contributed by atoms with van der Waals surface area (Å²) in [5.41, 5.74) is 1.26. The van der Waals surface area contributed by atoms with Gasteiger partial charge in [-0.2, -0.15) is 0 Å². The van der Waals surface area contributed by atoms with Crippen molar-refractivity contribution in [3.63, 3.8) is 0 Å². The molecule has 7 heteroatoms. The molecule has 2 heterocycles. The Labute approximate surface area is 171 Å². The molecule has 0 aliphatic heterocycles. The number of aromatic nitrogens is 2. The van der Waals surface area contributed by atoms with Gasteiger partial charge in [0.2, 0.25) is 0 Å². The molecule has 0 saturated carbocycles. The molecule has 1 N–H and O–H groups in total. The minimum absolute atomic E-state index is 0.0828. The molecule has 1 aromatic carbocycles. The fourth-order valence-corrected chi connectivity index (χ4v) is 4.83. The van der Waals surface area contributed by atoms with E-state index in [1.807, 2.05) is 30.3 Å². The van der Waals surface area contributed by atoms with E-state index < -0.39 is 0 Å². The summed E-state index contributed by atoms with van der Waals surface area (Å²) in [6.07, 6.45) is 3.02. The highest BCUT2D eigenvalue weighted by Gasteiger charge is 2.34. The van der Waals surface area contributed by atoms with Crippen molar-refractivity contribution in [2.75, 3.05) is 5.32 Å². The van der Waals surface area contributed by atoms with Gasteiger partial charge < -0.3 is 0 Å². The Hall–Kier alpha value is -2.51. The number of benzene rings is 1. The number of nitrogens with one attached hydrogen (secondary N) is 1. The molecule has 0 fully saturated rings. The number of rotatable bonds is 4. The van der Waals surface area contributed by atoms with Gasteiger partial charge in [-0.15, -0.1) is 0 Å². The quantitative estimate of drug-likeness (QED) is 0.649. The third-order valence-electron chi connectivity index (χ3n) is 4.43. The second-order valence-electron chi connectivity index (χ2n) is 7.48. The number of carbonyl (C=O) groups excluding carboxylic acids is 2. The lowest BCUT2D eigenvalue weighted by Gasteiger charge is -2.26. The zero-order chi connectivity index (χ0) is 19.7. The lowest BCUT2D eigenvalue weighted by Crippen LogP contribution is -2.26. The van der Waals surface area contributed by atoms with Gasteiger partial charge in [0, 0.05) is 23.1 Å². The molecule has 4 rings (SSSR count). The summed E-state index contributed by atoms with van der Waals surface area (Å²) < 4.78 is 0. The van der Waals surface area contributed by atoms with Gasteiger partial charge in [-0.3, -0.25) is 14.9 Å². The van der Waals surface area contributed by atoms with Crippen LogP contribution in [0.1, 0.15) is 46.0 Å². The molecule has 1 aliphatic carbocycles. The highest BCUT2D eigenvalue weighted by atomic mass is 32.2. The Kier molecular flexibility index (Phi) is 5.03. The van der Waals surface area contributed by atoms with Gasteiger partial charge in [0.05, 0.1) is 10.6 Å². The fraction of sp³-hybridized carbons (Fsp3) is 0.238. The van der Waals surface area contributed by atoms with Crippen molar-refractivity contribution >= 4 is 39.9 Å². The highest BCUT2D eigenvalue weighted by Crippen LogP contribution is 2.38. The summed E-state index contributed by atoms with van der Waals surface area (Å²) in [6, 6.07) is 13.1. The summed E-state index contributed by atoms with van der Waals surface area (Å²) >= 11 is 2.81. The number of hydrogen-bond donors (Lipinski definition) is 1. The molecular weight excluding hydrogens is 390 g/mol. The van der Waals surface area contributed by atoms with E-state index in [1.54, 1.807) is 18.3 Å². The number of pyridine rings is 1. The van der Waals surface area contributed by atoms with Crippen LogP contribution in [0.3, 0.4) is 0 Å². The van der Waals surface area contributed by atoms with Crippen LogP contribution >= 0.6 is 23.1 Å². The van der Waals surface area contributed by atoms with Crippen molar-refractivity contribution in [2.24, 2.45) is 5.41 Å². The Balaban J connectivity index is 1.45. The van der Waals surface area contributed by atoms with Crippen LogP contribution in [0.5, 0.6) is 0 Å². The molecule has 28 heavy (non-hydrogen) atoms. The maximum Gasteiger partial charge on any atom is 0.257 e. The first-order valence-corrected chi connectivity index (χ1v) is 10.6. The van der Waals surface area contributed by atoms with E-state index in [2.05, 4.69) is 29.1 Å². The van der Waals surface area contributed by atoms with Crippen LogP contribution in [0.2, 0.25) is 0 Å². The molecule has 0 atom stereocenters. The van der Waals surface area contributed by atoms with E-state index in [4.69, 9.17) is 0 Å². The van der Waals surface area contributed by atoms with Gasteiger partial charge >= 0.3 is 0 Å². The smallest absolute Gasteiger partial charge is 0.257 e. The largest absolute Gasteiger partial charge is 0.298 e. The van der Waals surface area contributed by atoms with Crippen molar-refractivity contribution in [1.82, 2.24) is 9.97 Å². The summed E-state index contributed by atoms with van der Waals surface area (Å²) in [7, 11) is 0. The van der Waals surface area contributed by atoms with E-state index in [-0.39, 0.29) is 17.1 Å². The summed E-state index contributed by atoms with van der Waals surface area (Å²) in [5.74, 6) is -0.118. The van der Waals surface area contributed by atoms with Crippen molar-refractivity contribution in [1.29, 1.82) is 0 Å². The minimum atomic E-state index is -0.229. The van der Waals surface area contributed by atoms with Gasteiger partial charge in [-0.05, 0) is 48.2 Å². The van der Waals surface area contributed by atoms with Gasteiger partial charge in [-0.25, -0.2) is 9.97 Å². The van der Waals surface area contributed by atoms with Crippen LogP contribution in [0.25, 0.3) is 0 Å². The maximum absolute atomic E-state index is 12.6. The molecule has 0 unspecified atom stereocenters. The zero-order valence-electron chi connectivity index (χ0n) is 15.6. The topological polar surface area (TPSA) is 72.0 Å². The van der Waals surface area contributed by atoms with Crippen molar-refractivity contribution < 1.29 is 9.59 Å². The van der Waals surface area contributed by atoms with Crippen LogP contribution < -0.4 is 5.32 Å². The van der Waals surface area contributed by atoms with Crippen LogP contribution in [-0.2, 0) is 6.42 Å². The number of hydrogen-bond acceptors (Lipinski definition) is 6. The second kappa shape index (κ2) is 7.48. The third-order valence-corrected chi connectivity index (χ3v) is 6.45. The molecule has 0 bridgehead atoms. The average molecular weight is 410 g/mol. The number of Topliss-reactive ketones (excluding diaryl/α,β-unsaturated/α-hetero) is 1. The lowest BCUT2D eigenvalue weighted by atomic mass is 9.78. The SMILES string of the molecule is CC1(C)CC(=O)c2sc(NC(=O)c3ccc(Sc4ccccn4)cc3)nc2C1. The number of nitrogens with zero attached hydrogens (tertiary/aromatic N) is 2. The Morgan fingerprint density at radius 2 is 1.93 bits per heavy atom. The van der Waals surface area contributed by atoms with Crippen LogP contribution in [-0.4, -0.2) is 21.7 Å². The van der Waals surface area contributed by atoms with E-state index >= 15 is 0 Å². The Morgan fingerprint density at radius 1 is 1.14 bits per heavy atom. The number of thiazole rings is 1. The normalized spacial score (nSPS) is 15.1. The molecule has 0 spiro atoms. The molecular formula is C21H19N3O2S2. The van der Waals surface area contributed by atoms with Gasteiger partial charge in [0.15, 0.2) is 10.9 Å². The number of amides is 1. The first kappa shape index (κ1) is 18.8. The maximum atomic E-state index is 12.6.